The number of hydrogen-bond acceptors (Lipinski definition) is 2. The molecule has 2 aromatic carbocycles. The topological polar surface area (TPSA) is 74.0 Å². The minimum atomic E-state index is -0.250. The van der Waals surface area contributed by atoms with Gasteiger partial charge in [0.2, 0.25) is 0 Å². The Labute approximate surface area is 168 Å². The third-order valence-corrected chi connectivity index (χ3v) is 5.50. The molecule has 5 nitrogen and oxygen atoms in total. The van der Waals surface area contributed by atoms with Crippen molar-refractivity contribution in [3.63, 3.8) is 0 Å². The molecule has 0 radical (unpaired) electrons. The molecule has 6 heteroatoms. The predicted octanol–water partition coefficient (Wildman–Crippen LogP) is 3.86. The minimum Gasteiger partial charge on any atom is -0.358 e. The summed E-state index contributed by atoms with van der Waals surface area (Å²) in [6, 6.07) is 12.7. The lowest BCUT2D eigenvalue weighted by Gasteiger charge is -2.11. The lowest BCUT2D eigenvalue weighted by molar-refractivity contribution is 0.0928. The van der Waals surface area contributed by atoms with Crippen LogP contribution in [0.4, 0.5) is 0 Å². The van der Waals surface area contributed by atoms with Crippen molar-refractivity contribution in [2.75, 3.05) is 13.1 Å². The average Bonchev–Trinajstić information content (AvgIpc) is 3.09. The lowest BCUT2D eigenvalue weighted by atomic mass is 9.95. The molecular weight excluding hydrogens is 374 g/mol. The van der Waals surface area contributed by atoms with Gasteiger partial charge in [0.05, 0.1) is 10.6 Å². The number of halogens is 1. The molecule has 0 unspecified atom stereocenters. The molecule has 0 aliphatic heterocycles. The number of amides is 2. The number of nitrogens with one attached hydrogen (secondary N) is 3. The Kier molecular flexibility index (Phi) is 5.35. The Morgan fingerprint density at radius 3 is 2.54 bits per heavy atom. The van der Waals surface area contributed by atoms with Gasteiger partial charge in [-0.3, -0.25) is 9.59 Å². The number of rotatable bonds is 5. The molecule has 3 aromatic rings. The van der Waals surface area contributed by atoms with Crippen molar-refractivity contribution in [1.82, 2.24) is 15.6 Å². The minimum absolute atomic E-state index is 0.139. The maximum Gasteiger partial charge on any atom is 0.252 e. The Morgan fingerprint density at radius 1 is 0.964 bits per heavy atom. The van der Waals surface area contributed by atoms with E-state index in [1.807, 2.05) is 18.2 Å². The van der Waals surface area contributed by atoms with E-state index in [2.05, 4.69) is 15.6 Å². The number of aromatic amines is 1. The summed E-state index contributed by atoms with van der Waals surface area (Å²) >= 11 is 6.02. The number of fused-ring (bicyclic) bond motifs is 3. The summed E-state index contributed by atoms with van der Waals surface area (Å²) in [5, 5.41) is 7.19. The fourth-order valence-corrected chi connectivity index (χ4v) is 3.96. The first-order valence-corrected chi connectivity index (χ1v) is 9.95. The van der Waals surface area contributed by atoms with Crippen molar-refractivity contribution in [3.8, 4) is 0 Å². The third-order valence-electron chi connectivity index (χ3n) is 5.17. The normalized spacial score (nSPS) is 13.2. The SMILES string of the molecule is O=C(NCCNC(=O)c1ccccc1Cl)c1ccc2[nH]c3c(c2c1)CCCC3. The summed E-state index contributed by atoms with van der Waals surface area (Å²) in [6.07, 6.45) is 4.56. The van der Waals surface area contributed by atoms with E-state index in [0.29, 0.717) is 29.2 Å². The Morgan fingerprint density at radius 2 is 1.71 bits per heavy atom. The second-order valence-electron chi connectivity index (χ2n) is 7.04. The van der Waals surface area contributed by atoms with E-state index in [4.69, 9.17) is 11.6 Å². The van der Waals surface area contributed by atoms with Gasteiger partial charge in [0.25, 0.3) is 11.8 Å². The number of carbonyl (C=O) groups is 2. The summed E-state index contributed by atoms with van der Waals surface area (Å²) in [7, 11) is 0. The quantitative estimate of drug-likeness (QED) is 0.574. The van der Waals surface area contributed by atoms with E-state index in [1.165, 1.54) is 24.1 Å². The first-order valence-electron chi connectivity index (χ1n) is 9.58. The molecule has 1 aliphatic rings. The van der Waals surface area contributed by atoms with Crippen LogP contribution in [-0.4, -0.2) is 29.9 Å². The van der Waals surface area contributed by atoms with Crippen molar-refractivity contribution in [2.24, 2.45) is 0 Å². The highest BCUT2D eigenvalue weighted by Crippen LogP contribution is 2.29. The largest absolute Gasteiger partial charge is 0.358 e. The fourth-order valence-electron chi connectivity index (χ4n) is 3.74. The second-order valence-corrected chi connectivity index (χ2v) is 7.45. The highest BCUT2D eigenvalue weighted by molar-refractivity contribution is 6.33. The highest BCUT2D eigenvalue weighted by Gasteiger charge is 2.17. The standard InChI is InChI=1S/C22H22ClN3O2/c23-18-7-3-1-6-16(18)22(28)25-12-11-24-21(27)14-9-10-20-17(13-14)15-5-2-4-8-19(15)26-20/h1,3,6-7,9-10,13,26H,2,4-5,8,11-12H2,(H,24,27)(H,25,28). The van der Waals surface area contributed by atoms with Gasteiger partial charge in [0.1, 0.15) is 0 Å². The zero-order valence-electron chi connectivity index (χ0n) is 15.5. The van der Waals surface area contributed by atoms with Gasteiger partial charge in [-0.1, -0.05) is 23.7 Å². The van der Waals surface area contributed by atoms with Crippen LogP contribution in [0.1, 0.15) is 44.8 Å². The summed E-state index contributed by atoms with van der Waals surface area (Å²) in [5.74, 6) is -0.389. The van der Waals surface area contributed by atoms with Crippen molar-refractivity contribution in [2.45, 2.75) is 25.7 Å². The predicted molar refractivity (Wildman–Crippen MR) is 111 cm³/mol. The molecule has 1 aromatic heterocycles. The summed E-state index contributed by atoms with van der Waals surface area (Å²) in [5.41, 5.74) is 4.81. The summed E-state index contributed by atoms with van der Waals surface area (Å²) in [6.45, 7) is 0.676. The van der Waals surface area contributed by atoms with Crippen LogP contribution in [0.5, 0.6) is 0 Å². The zero-order valence-corrected chi connectivity index (χ0v) is 16.2. The molecule has 0 saturated heterocycles. The molecule has 2 amide bonds. The van der Waals surface area contributed by atoms with Crippen LogP contribution in [0.2, 0.25) is 5.02 Å². The Bertz CT molecular complexity index is 1040. The van der Waals surface area contributed by atoms with Crippen molar-refractivity contribution in [3.05, 3.63) is 69.9 Å². The number of H-pyrrole nitrogens is 1. The molecule has 1 heterocycles. The number of aromatic nitrogens is 1. The first kappa shape index (κ1) is 18.6. The van der Waals surface area contributed by atoms with Gasteiger partial charge < -0.3 is 15.6 Å². The molecule has 28 heavy (non-hydrogen) atoms. The van der Waals surface area contributed by atoms with Crippen LogP contribution < -0.4 is 10.6 Å². The Balaban J connectivity index is 1.35. The fraction of sp³-hybridized carbons (Fsp3) is 0.273. The molecule has 0 bridgehead atoms. The van der Waals surface area contributed by atoms with Crippen molar-refractivity contribution < 1.29 is 9.59 Å². The molecule has 0 spiro atoms. The maximum atomic E-state index is 12.5. The van der Waals surface area contributed by atoms with E-state index in [-0.39, 0.29) is 11.8 Å². The van der Waals surface area contributed by atoms with Gasteiger partial charge in [-0.05, 0) is 61.6 Å². The van der Waals surface area contributed by atoms with Gasteiger partial charge >= 0.3 is 0 Å². The monoisotopic (exact) mass is 395 g/mol. The van der Waals surface area contributed by atoms with Gasteiger partial charge in [0.15, 0.2) is 0 Å². The van der Waals surface area contributed by atoms with Gasteiger partial charge in [-0.2, -0.15) is 0 Å². The first-order chi connectivity index (χ1) is 13.6. The molecule has 0 atom stereocenters. The maximum absolute atomic E-state index is 12.5. The van der Waals surface area contributed by atoms with E-state index in [0.717, 1.165) is 23.7 Å². The van der Waals surface area contributed by atoms with E-state index in [9.17, 15) is 9.59 Å². The van der Waals surface area contributed by atoms with Crippen molar-refractivity contribution >= 4 is 34.3 Å². The van der Waals surface area contributed by atoms with E-state index < -0.39 is 0 Å². The van der Waals surface area contributed by atoms with Crippen molar-refractivity contribution in [1.29, 1.82) is 0 Å². The molecule has 1 aliphatic carbocycles. The van der Waals surface area contributed by atoms with Crippen LogP contribution >= 0.6 is 11.6 Å². The molecule has 0 fully saturated rings. The summed E-state index contributed by atoms with van der Waals surface area (Å²) in [4.78, 5) is 28.1. The van der Waals surface area contributed by atoms with E-state index in [1.54, 1.807) is 24.3 Å². The van der Waals surface area contributed by atoms with Crippen LogP contribution in [0.15, 0.2) is 42.5 Å². The third kappa shape index (κ3) is 3.76. The average molecular weight is 396 g/mol. The number of benzene rings is 2. The highest BCUT2D eigenvalue weighted by atomic mass is 35.5. The molecule has 3 N–H and O–H groups in total. The number of carbonyl (C=O) groups excluding carboxylic acids is 2. The second kappa shape index (κ2) is 8.07. The molecule has 144 valence electrons. The van der Waals surface area contributed by atoms with Crippen LogP contribution in [-0.2, 0) is 12.8 Å². The van der Waals surface area contributed by atoms with Crippen LogP contribution in [0.3, 0.4) is 0 Å². The molecule has 0 saturated carbocycles. The summed E-state index contributed by atoms with van der Waals surface area (Å²) < 4.78 is 0. The van der Waals surface area contributed by atoms with Crippen LogP contribution in [0.25, 0.3) is 10.9 Å². The molecule has 4 rings (SSSR count). The number of aryl methyl sites for hydroxylation is 2. The Hall–Kier alpha value is -2.79. The van der Waals surface area contributed by atoms with Crippen LogP contribution in [0, 0.1) is 0 Å². The van der Waals surface area contributed by atoms with Gasteiger partial charge in [-0.25, -0.2) is 0 Å². The lowest BCUT2D eigenvalue weighted by Crippen LogP contribution is -2.34. The molecular formula is C22H22ClN3O2. The van der Waals surface area contributed by atoms with Gasteiger partial charge in [-0.15, -0.1) is 0 Å². The number of hydrogen-bond donors (Lipinski definition) is 3. The van der Waals surface area contributed by atoms with Gasteiger partial charge in [0, 0.05) is 35.2 Å². The van der Waals surface area contributed by atoms with E-state index >= 15 is 0 Å². The zero-order chi connectivity index (χ0) is 19.5. The smallest absolute Gasteiger partial charge is 0.252 e.